The number of aliphatic imine (C=N–C) groups is 1. The number of benzene rings is 1. The third kappa shape index (κ3) is 7.79. The molecule has 7 nitrogen and oxygen atoms in total. The van der Waals surface area contributed by atoms with Gasteiger partial charge in [0.2, 0.25) is 0 Å². The molecule has 8 heteroatoms. The van der Waals surface area contributed by atoms with Crippen molar-refractivity contribution >= 4 is 29.9 Å². The molecule has 0 saturated carbocycles. The SMILES string of the molecule is CCCOc1cccc(CCN=C(NCC)N2CCN(Cc3ccon3)CC2)c1.I. The molecular formula is C22H34IN5O2. The summed E-state index contributed by atoms with van der Waals surface area (Å²) in [6.07, 6.45) is 3.56. The zero-order chi connectivity index (χ0) is 20.3. The molecule has 0 unspecified atom stereocenters. The Labute approximate surface area is 196 Å². The van der Waals surface area contributed by atoms with Crippen molar-refractivity contribution < 1.29 is 9.26 Å². The van der Waals surface area contributed by atoms with Gasteiger partial charge in [0.05, 0.1) is 12.3 Å². The second kappa shape index (κ2) is 13.5. The topological polar surface area (TPSA) is 66.1 Å². The maximum Gasteiger partial charge on any atom is 0.194 e. The molecule has 3 rings (SSSR count). The minimum atomic E-state index is 0. The van der Waals surface area contributed by atoms with Gasteiger partial charge in [-0.2, -0.15) is 0 Å². The van der Waals surface area contributed by atoms with Crippen molar-refractivity contribution in [1.29, 1.82) is 0 Å². The molecule has 1 aromatic carbocycles. The van der Waals surface area contributed by atoms with Crippen molar-refractivity contribution in [2.24, 2.45) is 4.99 Å². The van der Waals surface area contributed by atoms with Crippen molar-refractivity contribution in [2.75, 3.05) is 45.9 Å². The maximum absolute atomic E-state index is 5.73. The quantitative estimate of drug-likeness (QED) is 0.307. The highest BCUT2D eigenvalue weighted by Gasteiger charge is 2.20. The van der Waals surface area contributed by atoms with Crippen LogP contribution in [0.25, 0.3) is 0 Å². The fraction of sp³-hybridized carbons (Fsp3) is 0.545. The highest BCUT2D eigenvalue weighted by molar-refractivity contribution is 14.0. The van der Waals surface area contributed by atoms with Gasteiger partial charge in [0.1, 0.15) is 12.0 Å². The number of guanidine groups is 1. The molecule has 1 N–H and O–H groups in total. The van der Waals surface area contributed by atoms with E-state index in [4.69, 9.17) is 14.3 Å². The van der Waals surface area contributed by atoms with Crippen LogP contribution in [-0.4, -0.2) is 66.8 Å². The number of halogens is 1. The van der Waals surface area contributed by atoms with E-state index < -0.39 is 0 Å². The molecule has 2 aromatic rings. The first-order chi connectivity index (χ1) is 14.3. The predicted molar refractivity (Wildman–Crippen MR) is 131 cm³/mol. The van der Waals surface area contributed by atoms with E-state index in [0.717, 1.165) is 82.7 Å². The van der Waals surface area contributed by atoms with Crippen molar-refractivity contribution in [3.8, 4) is 5.75 Å². The monoisotopic (exact) mass is 527 g/mol. The Kier molecular flexibility index (Phi) is 11.0. The zero-order valence-corrected chi connectivity index (χ0v) is 20.4. The van der Waals surface area contributed by atoms with Gasteiger partial charge in [0.25, 0.3) is 0 Å². The molecule has 0 atom stereocenters. The standard InChI is InChI=1S/C22H33N5O2.HI/c1-3-15-28-21-7-5-6-19(17-21)8-10-24-22(23-4-2)27-13-11-26(12-14-27)18-20-9-16-29-25-20;/h5-7,9,16-17H,3-4,8,10-15,18H2,1-2H3,(H,23,24);1H. The Bertz CT molecular complexity index is 746. The van der Waals surface area contributed by atoms with Crippen LogP contribution in [0.2, 0.25) is 0 Å². The lowest BCUT2D eigenvalue weighted by Crippen LogP contribution is -2.52. The van der Waals surface area contributed by atoms with Gasteiger partial charge in [0.15, 0.2) is 5.96 Å². The molecular weight excluding hydrogens is 493 g/mol. The van der Waals surface area contributed by atoms with Gasteiger partial charge in [-0.05, 0) is 37.5 Å². The van der Waals surface area contributed by atoms with E-state index in [2.05, 4.69) is 52.3 Å². The van der Waals surface area contributed by atoms with Gasteiger partial charge in [-0.3, -0.25) is 9.89 Å². The lowest BCUT2D eigenvalue weighted by molar-refractivity contribution is 0.169. The fourth-order valence-electron chi connectivity index (χ4n) is 3.39. The van der Waals surface area contributed by atoms with Gasteiger partial charge < -0.3 is 19.5 Å². The molecule has 2 heterocycles. The molecule has 0 spiro atoms. The van der Waals surface area contributed by atoms with Crippen LogP contribution >= 0.6 is 24.0 Å². The van der Waals surface area contributed by atoms with Gasteiger partial charge in [-0.15, -0.1) is 24.0 Å². The van der Waals surface area contributed by atoms with Gasteiger partial charge >= 0.3 is 0 Å². The Morgan fingerprint density at radius 2 is 2.03 bits per heavy atom. The molecule has 1 aliphatic rings. The van der Waals surface area contributed by atoms with E-state index in [0.29, 0.717) is 0 Å². The second-order valence-corrected chi connectivity index (χ2v) is 7.24. The molecule has 1 fully saturated rings. The van der Waals surface area contributed by atoms with E-state index in [9.17, 15) is 0 Å². The largest absolute Gasteiger partial charge is 0.494 e. The predicted octanol–water partition coefficient (Wildman–Crippen LogP) is 3.41. The van der Waals surface area contributed by atoms with Crippen molar-refractivity contribution in [2.45, 2.75) is 33.2 Å². The van der Waals surface area contributed by atoms with Crippen LogP contribution in [0.3, 0.4) is 0 Å². The summed E-state index contributed by atoms with van der Waals surface area (Å²) >= 11 is 0. The first-order valence-electron chi connectivity index (χ1n) is 10.6. The number of hydrogen-bond acceptors (Lipinski definition) is 5. The van der Waals surface area contributed by atoms with Crippen LogP contribution in [0.5, 0.6) is 5.75 Å². The Morgan fingerprint density at radius 3 is 2.73 bits per heavy atom. The molecule has 1 aromatic heterocycles. The number of nitrogens with zero attached hydrogens (tertiary/aromatic N) is 4. The van der Waals surface area contributed by atoms with Crippen LogP contribution in [0, 0.1) is 0 Å². The molecule has 30 heavy (non-hydrogen) atoms. The van der Waals surface area contributed by atoms with E-state index >= 15 is 0 Å². The van der Waals surface area contributed by atoms with Crippen LogP contribution in [0.15, 0.2) is 46.1 Å². The van der Waals surface area contributed by atoms with E-state index in [1.54, 1.807) is 6.26 Å². The number of aromatic nitrogens is 1. The van der Waals surface area contributed by atoms with Crippen LogP contribution < -0.4 is 10.1 Å². The van der Waals surface area contributed by atoms with Crippen LogP contribution in [-0.2, 0) is 13.0 Å². The minimum absolute atomic E-state index is 0. The summed E-state index contributed by atoms with van der Waals surface area (Å²) in [6.45, 7) is 11.4. The molecule has 1 saturated heterocycles. The van der Waals surface area contributed by atoms with Gasteiger partial charge in [-0.25, -0.2) is 0 Å². The summed E-state index contributed by atoms with van der Waals surface area (Å²) in [5.74, 6) is 1.95. The lowest BCUT2D eigenvalue weighted by Gasteiger charge is -2.36. The summed E-state index contributed by atoms with van der Waals surface area (Å²) in [4.78, 5) is 9.62. The third-order valence-electron chi connectivity index (χ3n) is 4.92. The average Bonchev–Trinajstić information content (AvgIpc) is 3.26. The van der Waals surface area contributed by atoms with Gasteiger partial charge in [0, 0.05) is 51.9 Å². The summed E-state index contributed by atoms with van der Waals surface area (Å²) in [5, 5.41) is 7.45. The Morgan fingerprint density at radius 1 is 1.20 bits per heavy atom. The number of rotatable bonds is 9. The summed E-state index contributed by atoms with van der Waals surface area (Å²) in [5.41, 5.74) is 2.25. The maximum atomic E-state index is 5.73. The fourth-order valence-corrected chi connectivity index (χ4v) is 3.39. The Balaban J connectivity index is 0.00000320. The highest BCUT2D eigenvalue weighted by atomic mass is 127. The van der Waals surface area contributed by atoms with Crippen LogP contribution in [0.1, 0.15) is 31.5 Å². The number of nitrogens with one attached hydrogen (secondary N) is 1. The van der Waals surface area contributed by atoms with Crippen molar-refractivity contribution in [3.63, 3.8) is 0 Å². The number of ether oxygens (including phenoxy) is 1. The second-order valence-electron chi connectivity index (χ2n) is 7.24. The molecule has 0 bridgehead atoms. The first-order valence-corrected chi connectivity index (χ1v) is 10.6. The van der Waals surface area contributed by atoms with Crippen molar-refractivity contribution in [3.05, 3.63) is 47.9 Å². The van der Waals surface area contributed by atoms with E-state index in [-0.39, 0.29) is 24.0 Å². The average molecular weight is 527 g/mol. The van der Waals surface area contributed by atoms with E-state index in [1.165, 1.54) is 5.56 Å². The van der Waals surface area contributed by atoms with Gasteiger partial charge in [-0.1, -0.05) is 24.2 Å². The summed E-state index contributed by atoms with van der Waals surface area (Å²) in [7, 11) is 0. The minimum Gasteiger partial charge on any atom is -0.494 e. The summed E-state index contributed by atoms with van der Waals surface area (Å²) < 4.78 is 10.7. The van der Waals surface area contributed by atoms with Crippen molar-refractivity contribution in [1.82, 2.24) is 20.3 Å². The Hall–Kier alpha value is -1.81. The normalized spacial score (nSPS) is 15.0. The number of piperazine rings is 1. The third-order valence-corrected chi connectivity index (χ3v) is 4.92. The zero-order valence-electron chi connectivity index (χ0n) is 18.0. The molecule has 166 valence electrons. The smallest absolute Gasteiger partial charge is 0.194 e. The first kappa shape index (κ1) is 24.5. The molecule has 0 radical (unpaired) electrons. The molecule has 0 amide bonds. The lowest BCUT2D eigenvalue weighted by atomic mass is 10.1. The molecule has 1 aliphatic heterocycles. The van der Waals surface area contributed by atoms with Crippen LogP contribution in [0.4, 0.5) is 0 Å². The number of hydrogen-bond donors (Lipinski definition) is 1. The summed E-state index contributed by atoms with van der Waals surface area (Å²) in [6, 6.07) is 10.3. The highest BCUT2D eigenvalue weighted by Crippen LogP contribution is 2.14. The van der Waals surface area contributed by atoms with E-state index in [1.807, 2.05) is 12.1 Å². The molecule has 0 aliphatic carbocycles.